The third kappa shape index (κ3) is 3.17. The van der Waals surface area contributed by atoms with Gasteiger partial charge in [-0.1, -0.05) is 0 Å². The Hall–Kier alpha value is -2.15. The number of amides is 1. The molecule has 0 heterocycles. The van der Waals surface area contributed by atoms with Gasteiger partial charge in [-0.25, -0.2) is 0 Å². The van der Waals surface area contributed by atoms with E-state index in [1.807, 2.05) is 0 Å². The number of benzene rings is 1. The summed E-state index contributed by atoms with van der Waals surface area (Å²) in [5.41, 5.74) is -0.114. The molecular weight excluding hydrogens is 240 g/mol. The van der Waals surface area contributed by atoms with Crippen LogP contribution in [0, 0.1) is 10.1 Å². The average Bonchev–Trinajstić information content (AvgIpc) is 2.27. The summed E-state index contributed by atoms with van der Waals surface area (Å²) in [6.07, 6.45) is -1.01. The topological polar surface area (TPSA) is 104 Å². The standard InChI is InChI=1S/C11H14N2O5/c1-7(14)12(2)6-11(16)8-3-4-9(13(17)18)10(15)5-8/h3-5,11,15-16H,6H2,1-2H3/t11-/m0/s1. The van der Waals surface area contributed by atoms with Crippen molar-refractivity contribution in [1.82, 2.24) is 4.90 Å². The maximum absolute atomic E-state index is 11.0. The van der Waals surface area contributed by atoms with Gasteiger partial charge in [0.1, 0.15) is 0 Å². The zero-order valence-electron chi connectivity index (χ0n) is 10.0. The van der Waals surface area contributed by atoms with Gasteiger partial charge in [0.05, 0.1) is 17.6 Å². The van der Waals surface area contributed by atoms with Gasteiger partial charge >= 0.3 is 5.69 Å². The first-order chi connectivity index (χ1) is 8.32. The summed E-state index contributed by atoms with van der Waals surface area (Å²) in [4.78, 5) is 22.1. The van der Waals surface area contributed by atoms with Crippen molar-refractivity contribution in [3.63, 3.8) is 0 Å². The van der Waals surface area contributed by atoms with Crippen molar-refractivity contribution in [3.8, 4) is 5.75 Å². The number of nitro groups is 1. The molecule has 0 aliphatic carbocycles. The molecule has 0 unspecified atom stereocenters. The van der Waals surface area contributed by atoms with Crippen LogP contribution in [-0.2, 0) is 4.79 Å². The molecule has 1 atom stereocenters. The molecule has 0 bridgehead atoms. The van der Waals surface area contributed by atoms with Crippen LogP contribution in [0.1, 0.15) is 18.6 Å². The van der Waals surface area contributed by atoms with E-state index in [2.05, 4.69) is 0 Å². The van der Waals surface area contributed by atoms with Gasteiger partial charge in [0.2, 0.25) is 5.91 Å². The molecule has 1 aromatic carbocycles. The van der Waals surface area contributed by atoms with Crippen molar-refractivity contribution in [3.05, 3.63) is 33.9 Å². The molecule has 0 spiro atoms. The van der Waals surface area contributed by atoms with Gasteiger partial charge < -0.3 is 15.1 Å². The van der Waals surface area contributed by atoms with E-state index in [0.29, 0.717) is 5.56 Å². The Morgan fingerprint density at radius 1 is 1.56 bits per heavy atom. The predicted molar refractivity (Wildman–Crippen MR) is 63.0 cm³/mol. The molecule has 0 aromatic heterocycles. The maximum atomic E-state index is 11.0. The first-order valence-corrected chi connectivity index (χ1v) is 5.20. The second kappa shape index (κ2) is 5.46. The number of phenols is 1. The average molecular weight is 254 g/mol. The number of rotatable bonds is 4. The Morgan fingerprint density at radius 2 is 2.17 bits per heavy atom. The Labute approximate surface area is 103 Å². The largest absolute Gasteiger partial charge is 0.502 e. The van der Waals surface area contributed by atoms with Crippen molar-refractivity contribution in [2.75, 3.05) is 13.6 Å². The first kappa shape index (κ1) is 13.9. The summed E-state index contributed by atoms with van der Waals surface area (Å²) < 4.78 is 0. The molecule has 0 aliphatic rings. The van der Waals surface area contributed by atoms with Gasteiger partial charge in [-0.2, -0.15) is 0 Å². The Balaban J connectivity index is 2.88. The SMILES string of the molecule is CC(=O)N(C)C[C@H](O)c1ccc([N+](=O)[O-])c(O)c1. The van der Waals surface area contributed by atoms with Crippen molar-refractivity contribution in [2.45, 2.75) is 13.0 Å². The second-order valence-corrected chi connectivity index (χ2v) is 3.92. The fourth-order valence-corrected chi connectivity index (χ4v) is 1.40. The van der Waals surface area contributed by atoms with Crippen LogP contribution in [0.3, 0.4) is 0 Å². The van der Waals surface area contributed by atoms with Crippen molar-refractivity contribution >= 4 is 11.6 Å². The molecule has 0 fully saturated rings. The number of nitrogens with zero attached hydrogens (tertiary/aromatic N) is 2. The molecule has 1 amide bonds. The number of aliphatic hydroxyl groups is 1. The molecule has 1 aromatic rings. The summed E-state index contributed by atoms with van der Waals surface area (Å²) in [7, 11) is 1.52. The molecule has 0 radical (unpaired) electrons. The van der Waals surface area contributed by atoms with Crippen molar-refractivity contribution in [2.24, 2.45) is 0 Å². The molecule has 0 saturated carbocycles. The highest BCUT2D eigenvalue weighted by atomic mass is 16.6. The zero-order valence-corrected chi connectivity index (χ0v) is 10.0. The number of aromatic hydroxyl groups is 1. The number of carbonyl (C=O) groups is 1. The van der Waals surface area contributed by atoms with Crippen LogP contribution in [0.25, 0.3) is 0 Å². The molecule has 7 heteroatoms. The van der Waals surface area contributed by atoms with E-state index in [1.165, 1.54) is 24.9 Å². The second-order valence-electron chi connectivity index (χ2n) is 3.92. The third-order valence-corrected chi connectivity index (χ3v) is 2.57. The lowest BCUT2D eigenvalue weighted by Gasteiger charge is -2.19. The number of phenolic OH excluding ortho intramolecular Hbond substituents is 1. The highest BCUT2D eigenvalue weighted by Gasteiger charge is 2.18. The quantitative estimate of drug-likeness (QED) is 0.611. The van der Waals surface area contributed by atoms with Crippen molar-refractivity contribution in [1.29, 1.82) is 0 Å². The monoisotopic (exact) mass is 254 g/mol. The number of aliphatic hydroxyl groups excluding tert-OH is 1. The minimum atomic E-state index is -1.01. The minimum Gasteiger partial charge on any atom is -0.502 e. The highest BCUT2D eigenvalue weighted by molar-refractivity contribution is 5.72. The number of hydrogen-bond donors (Lipinski definition) is 2. The maximum Gasteiger partial charge on any atom is 0.310 e. The van der Waals surface area contributed by atoms with Gasteiger partial charge in [-0.3, -0.25) is 14.9 Å². The van der Waals surface area contributed by atoms with Crippen LogP contribution in [0.4, 0.5) is 5.69 Å². The van der Waals surface area contributed by atoms with Crippen molar-refractivity contribution < 1.29 is 19.9 Å². The molecule has 0 aliphatic heterocycles. The Morgan fingerprint density at radius 3 is 2.61 bits per heavy atom. The number of nitro benzene ring substituents is 1. The lowest BCUT2D eigenvalue weighted by Crippen LogP contribution is -2.28. The van der Waals surface area contributed by atoms with E-state index in [4.69, 9.17) is 0 Å². The van der Waals surface area contributed by atoms with Crippen LogP contribution in [-0.4, -0.2) is 39.5 Å². The third-order valence-electron chi connectivity index (χ3n) is 2.57. The molecule has 2 N–H and O–H groups in total. The molecule has 1 rings (SSSR count). The summed E-state index contributed by atoms with van der Waals surface area (Å²) in [5, 5.41) is 29.7. The van der Waals surface area contributed by atoms with Crippen LogP contribution in [0.2, 0.25) is 0 Å². The number of likely N-dealkylation sites (N-methyl/N-ethyl adjacent to an activating group) is 1. The van der Waals surface area contributed by atoms with Gasteiger partial charge in [0.25, 0.3) is 0 Å². The Kier molecular flexibility index (Phi) is 4.22. The number of carbonyl (C=O) groups excluding carboxylic acids is 1. The summed E-state index contributed by atoms with van der Waals surface area (Å²) >= 11 is 0. The van der Waals surface area contributed by atoms with E-state index in [0.717, 1.165) is 12.1 Å². The summed E-state index contributed by atoms with van der Waals surface area (Å²) in [6, 6.07) is 3.58. The van der Waals surface area contributed by atoms with E-state index >= 15 is 0 Å². The molecule has 0 saturated heterocycles. The van der Waals surface area contributed by atoms with Crippen LogP contribution in [0.15, 0.2) is 18.2 Å². The van der Waals surface area contributed by atoms with Gasteiger partial charge in [0.15, 0.2) is 5.75 Å². The first-order valence-electron chi connectivity index (χ1n) is 5.20. The van der Waals surface area contributed by atoms with Crippen LogP contribution < -0.4 is 0 Å². The normalized spacial score (nSPS) is 11.9. The highest BCUT2D eigenvalue weighted by Crippen LogP contribution is 2.28. The van der Waals surface area contributed by atoms with E-state index < -0.39 is 22.5 Å². The van der Waals surface area contributed by atoms with Crippen LogP contribution >= 0.6 is 0 Å². The van der Waals surface area contributed by atoms with Gasteiger partial charge in [-0.05, 0) is 17.7 Å². The fraction of sp³-hybridized carbons (Fsp3) is 0.364. The molecule has 7 nitrogen and oxygen atoms in total. The minimum absolute atomic E-state index is 0.0482. The predicted octanol–water partition coefficient (Wildman–Crippen LogP) is 0.812. The van der Waals surface area contributed by atoms with E-state index in [-0.39, 0.29) is 12.5 Å². The van der Waals surface area contributed by atoms with Gasteiger partial charge in [-0.15, -0.1) is 0 Å². The summed E-state index contributed by atoms with van der Waals surface area (Å²) in [6.45, 7) is 1.41. The van der Waals surface area contributed by atoms with Gasteiger partial charge in [0, 0.05) is 20.0 Å². The Bertz CT molecular complexity index is 475. The zero-order chi connectivity index (χ0) is 13.9. The summed E-state index contributed by atoms with van der Waals surface area (Å²) in [5.74, 6) is -0.720. The smallest absolute Gasteiger partial charge is 0.310 e. The lowest BCUT2D eigenvalue weighted by molar-refractivity contribution is -0.385. The van der Waals surface area contributed by atoms with E-state index in [1.54, 1.807) is 0 Å². The molecule has 98 valence electrons. The van der Waals surface area contributed by atoms with E-state index in [9.17, 15) is 25.1 Å². The number of hydrogen-bond acceptors (Lipinski definition) is 5. The molecular formula is C11H14N2O5. The molecule has 18 heavy (non-hydrogen) atoms. The lowest BCUT2D eigenvalue weighted by atomic mass is 10.1. The van der Waals surface area contributed by atoms with Crippen LogP contribution in [0.5, 0.6) is 5.75 Å². The fourth-order valence-electron chi connectivity index (χ4n) is 1.40.